The van der Waals surface area contributed by atoms with Gasteiger partial charge in [0.05, 0.1) is 0 Å². The first-order valence-electron chi connectivity index (χ1n) is 5.94. The molecule has 2 rings (SSSR count). The van der Waals surface area contributed by atoms with E-state index in [1.165, 1.54) is 10.5 Å². The van der Waals surface area contributed by atoms with Crippen molar-refractivity contribution in [3.8, 4) is 0 Å². The van der Waals surface area contributed by atoms with Crippen LogP contribution >= 0.6 is 11.8 Å². The van der Waals surface area contributed by atoms with E-state index in [2.05, 4.69) is 40.4 Å². The maximum Gasteiger partial charge on any atom is 0.192 e. The van der Waals surface area contributed by atoms with Crippen LogP contribution in [-0.2, 0) is 0 Å². The number of aromatic nitrogens is 2. The predicted octanol–water partition coefficient (Wildman–Crippen LogP) is 3.22. The second kappa shape index (κ2) is 5.98. The Morgan fingerprint density at radius 2 is 2.00 bits per heavy atom. The number of nitrogens with one attached hydrogen (secondary N) is 1. The fourth-order valence-electron chi connectivity index (χ4n) is 1.66. The topological polar surface area (TPSA) is 37.8 Å². The standard InChI is InChI=1S/C14H17N3S/c1-10-8-9-16-14(17-10)18-13-7-5-4-6-12(13)11(2)15-3/h4-9,11,15H,1-3H3. The molecule has 1 atom stereocenters. The molecule has 0 aliphatic heterocycles. The van der Waals surface area contributed by atoms with Crippen molar-refractivity contribution in [2.24, 2.45) is 0 Å². The van der Waals surface area contributed by atoms with E-state index >= 15 is 0 Å². The van der Waals surface area contributed by atoms with Crippen LogP contribution in [0, 0.1) is 6.92 Å². The zero-order valence-corrected chi connectivity index (χ0v) is 11.7. The molecule has 0 saturated carbocycles. The minimum Gasteiger partial charge on any atom is -0.313 e. The van der Waals surface area contributed by atoms with E-state index in [-0.39, 0.29) is 0 Å². The van der Waals surface area contributed by atoms with E-state index in [0.29, 0.717) is 6.04 Å². The third kappa shape index (κ3) is 3.09. The highest BCUT2D eigenvalue weighted by Gasteiger charge is 2.10. The Kier molecular flexibility index (Phi) is 4.33. The zero-order chi connectivity index (χ0) is 13.0. The van der Waals surface area contributed by atoms with Gasteiger partial charge in [-0.05, 0) is 50.4 Å². The van der Waals surface area contributed by atoms with Gasteiger partial charge in [0.2, 0.25) is 0 Å². The Morgan fingerprint density at radius 3 is 2.72 bits per heavy atom. The summed E-state index contributed by atoms with van der Waals surface area (Å²) in [4.78, 5) is 9.92. The molecule has 4 heteroatoms. The molecule has 94 valence electrons. The SMILES string of the molecule is CNC(C)c1ccccc1Sc1nccc(C)n1. The van der Waals surface area contributed by atoms with Crippen LogP contribution in [0.25, 0.3) is 0 Å². The van der Waals surface area contributed by atoms with Gasteiger partial charge >= 0.3 is 0 Å². The number of aryl methyl sites for hydroxylation is 1. The van der Waals surface area contributed by atoms with Crippen molar-refractivity contribution in [2.75, 3.05) is 7.05 Å². The monoisotopic (exact) mass is 259 g/mol. The number of nitrogens with zero attached hydrogens (tertiary/aromatic N) is 2. The van der Waals surface area contributed by atoms with Crippen molar-refractivity contribution < 1.29 is 0 Å². The van der Waals surface area contributed by atoms with Gasteiger partial charge in [-0.2, -0.15) is 0 Å². The molecular weight excluding hydrogens is 242 g/mol. The van der Waals surface area contributed by atoms with Crippen LogP contribution in [0.3, 0.4) is 0 Å². The van der Waals surface area contributed by atoms with E-state index in [9.17, 15) is 0 Å². The quantitative estimate of drug-likeness (QED) is 0.856. The summed E-state index contributed by atoms with van der Waals surface area (Å²) in [6.45, 7) is 4.13. The minimum absolute atomic E-state index is 0.318. The van der Waals surface area contributed by atoms with Gasteiger partial charge in [0, 0.05) is 22.8 Å². The molecular formula is C14H17N3S. The summed E-state index contributed by atoms with van der Waals surface area (Å²) in [5.41, 5.74) is 2.27. The number of benzene rings is 1. The van der Waals surface area contributed by atoms with Crippen LogP contribution in [0.2, 0.25) is 0 Å². The third-order valence-corrected chi connectivity index (χ3v) is 3.76. The molecule has 0 amide bonds. The Hall–Kier alpha value is -1.39. The smallest absolute Gasteiger partial charge is 0.192 e. The van der Waals surface area contributed by atoms with Crippen molar-refractivity contribution in [3.63, 3.8) is 0 Å². The molecule has 0 aliphatic carbocycles. The molecule has 0 saturated heterocycles. The lowest BCUT2D eigenvalue weighted by molar-refractivity contribution is 0.641. The van der Waals surface area contributed by atoms with Crippen LogP contribution < -0.4 is 5.32 Å². The van der Waals surface area contributed by atoms with Gasteiger partial charge < -0.3 is 5.32 Å². The highest BCUT2D eigenvalue weighted by Crippen LogP contribution is 2.31. The van der Waals surface area contributed by atoms with Gasteiger partial charge in [-0.1, -0.05) is 18.2 Å². The minimum atomic E-state index is 0.318. The Morgan fingerprint density at radius 1 is 1.22 bits per heavy atom. The fraction of sp³-hybridized carbons (Fsp3) is 0.286. The third-order valence-electron chi connectivity index (χ3n) is 2.79. The summed E-state index contributed by atoms with van der Waals surface area (Å²) in [7, 11) is 1.97. The normalized spacial score (nSPS) is 12.4. The number of hydrogen-bond acceptors (Lipinski definition) is 4. The average Bonchev–Trinajstić information content (AvgIpc) is 2.38. The van der Waals surface area contributed by atoms with E-state index in [0.717, 1.165) is 10.9 Å². The summed E-state index contributed by atoms with van der Waals surface area (Å²) in [6, 6.07) is 10.6. The number of rotatable bonds is 4. The summed E-state index contributed by atoms with van der Waals surface area (Å²) in [6.07, 6.45) is 1.80. The molecule has 0 bridgehead atoms. The van der Waals surface area contributed by atoms with Crippen LogP contribution in [0.4, 0.5) is 0 Å². The molecule has 3 nitrogen and oxygen atoms in total. The first-order chi connectivity index (χ1) is 8.70. The van der Waals surface area contributed by atoms with Crippen LogP contribution in [0.15, 0.2) is 46.6 Å². The largest absolute Gasteiger partial charge is 0.313 e. The van der Waals surface area contributed by atoms with Crippen molar-refractivity contribution >= 4 is 11.8 Å². The van der Waals surface area contributed by atoms with E-state index < -0.39 is 0 Å². The molecule has 1 unspecified atom stereocenters. The molecule has 0 radical (unpaired) electrons. The highest BCUT2D eigenvalue weighted by atomic mass is 32.2. The van der Waals surface area contributed by atoms with Gasteiger partial charge in [-0.25, -0.2) is 9.97 Å². The maximum atomic E-state index is 4.43. The van der Waals surface area contributed by atoms with Crippen LogP contribution in [-0.4, -0.2) is 17.0 Å². The molecule has 18 heavy (non-hydrogen) atoms. The Balaban J connectivity index is 2.29. The van der Waals surface area contributed by atoms with Gasteiger partial charge in [0.1, 0.15) is 0 Å². The lowest BCUT2D eigenvalue weighted by Crippen LogP contribution is -2.13. The first-order valence-corrected chi connectivity index (χ1v) is 6.76. The molecule has 1 aromatic carbocycles. The molecule has 2 aromatic rings. The van der Waals surface area contributed by atoms with Crippen molar-refractivity contribution in [1.82, 2.24) is 15.3 Å². The van der Waals surface area contributed by atoms with Crippen LogP contribution in [0.5, 0.6) is 0 Å². The summed E-state index contributed by atoms with van der Waals surface area (Å²) < 4.78 is 0. The lowest BCUT2D eigenvalue weighted by atomic mass is 10.1. The average molecular weight is 259 g/mol. The second-order valence-corrected chi connectivity index (χ2v) is 5.14. The van der Waals surface area contributed by atoms with Crippen molar-refractivity contribution in [2.45, 2.75) is 29.9 Å². The van der Waals surface area contributed by atoms with Crippen molar-refractivity contribution in [1.29, 1.82) is 0 Å². The molecule has 1 heterocycles. The summed E-state index contributed by atoms with van der Waals surface area (Å²) in [5.74, 6) is 0. The zero-order valence-electron chi connectivity index (χ0n) is 10.8. The highest BCUT2D eigenvalue weighted by molar-refractivity contribution is 7.99. The number of hydrogen-bond donors (Lipinski definition) is 1. The van der Waals surface area contributed by atoms with E-state index in [1.807, 2.05) is 26.1 Å². The molecule has 1 N–H and O–H groups in total. The Labute approximate surface area is 112 Å². The lowest BCUT2D eigenvalue weighted by Gasteiger charge is -2.14. The van der Waals surface area contributed by atoms with Crippen LogP contribution in [0.1, 0.15) is 24.2 Å². The summed E-state index contributed by atoms with van der Waals surface area (Å²) in [5, 5.41) is 4.06. The van der Waals surface area contributed by atoms with Gasteiger partial charge in [-0.15, -0.1) is 0 Å². The van der Waals surface area contributed by atoms with Gasteiger partial charge in [0.15, 0.2) is 5.16 Å². The first kappa shape index (κ1) is 13.1. The van der Waals surface area contributed by atoms with Crippen molar-refractivity contribution in [3.05, 3.63) is 47.8 Å². The second-order valence-electron chi connectivity index (χ2n) is 4.13. The van der Waals surface area contributed by atoms with E-state index in [1.54, 1.807) is 18.0 Å². The predicted molar refractivity (Wildman–Crippen MR) is 74.8 cm³/mol. The maximum absolute atomic E-state index is 4.43. The van der Waals surface area contributed by atoms with E-state index in [4.69, 9.17) is 0 Å². The fourth-order valence-corrected chi connectivity index (χ4v) is 2.67. The Bertz CT molecular complexity index is 528. The molecule has 0 spiro atoms. The van der Waals surface area contributed by atoms with Gasteiger partial charge in [-0.3, -0.25) is 0 Å². The molecule has 1 aromatic heterocycles. The molecule has 0 aliphatic rings. The van der Waals surface area contributed by atoms with Gasteiger partial charge in [0.25, 0.3) is 0 Å². The molecule has 0 fully saturated rings. The summed E-state index contributed by atoms with van der Waals surface area (Å²) >= 11 is 1.61.